The predicted molar refractivity (Wildman–Crippen MR) is 87.3 cm³/mol. The van der Waals surface area contributed by atoms with Crippen LogP contribution in [0.1, 0.15) is 11.6 Å². The van der Waals surface area contributed by atoms with Gasteiger partial charge in [0, 0.05) is 32.2 Å². The summed E-state index contributed by atoms with van der Waals surface area (Å²) < 4.78 is 31.7. The normalized spacial score (nSPS) is 16.2. The van der Waals surface area contributed by atoms with E-state index in [1.165, 1.54) is 25.3 Å². The Kier molecular flexibility index (Phi) is 9.29. The molecule has 1 aromatic carbocycles. The van der Waals surface area contributed by atoms with E-state index < -0.39 is 17.4 Å². The van der Waals surface area contributed by atoms with E-state index in [2.05, 4.69) is 5.32 Å². The maximum atomic E-state index is 13.4. The van der Waals surface area contributed by atoms with E-state index in [-0.39, 0.29) is 41.8 Å². The number of rotatable bonds is 5. The number of alkyl halides is 2. The fraction of sp³-hybridized carbons (Fsp3) is 0.538. The number of methoxy groups -OCH3 is 1. The summed E-state index contributed by atoms with van der Waals surface area (Å²) in [6.45, 7) is 2.21. The quantitative estimate of drug-likeness (QED) is 0.634. The number of ether oxygens (including phenoxy) is 1. The number of hydrogen-bond acceptors (Lipinski definition) is 5. The van der Waals surface area contributed by atoms with E-state index in [1.807, 2.05) is 0 Å². The number of benzene rings is 1. The monoisotopic (exact) mass is 373 g/mol. The zero-order valence-corrected chi connectivity index (χ0v) is 14.0. The van der Waals surface area contributed by atoms with Crippen LogP contribution < -0.4 is 10.1 Å². The molecule has 0 amide bonds. The zero-order valence-electron chi connectivity index (χ0n) is 12.4. The number of nitro groups is 1. The lowest BCUT2D eigenvalue weighted by Crippen LogP contribution is -2.46. The van der Waals surface area contributed by atoms with E-state index in [9.17, 15) is 18.9 Å². The molecular formula is C13H19Cl2F2N3O3. The minimum absolute atomic E-state index is 0. The summed E-state index contributed by atoms with van der Waals surface area (Å²) in [4.78, 5) is 12.0. The topological polar surface area (TPSA) is 67.6 Å². The SMILES string of the molecule is COc1ccc([C@@H](C(F)F)N2CCNCC2)cc1[N+](=O)[O-].Cl.Cl. The fourth-order valence-electron chi connectivity index (χ4n) is 2.51. The van der Waals surface area contributed by atoms with Crippen molar-refractivity contribution in [1.29, 1.82) is 0 Å². The second-order valence-electron chi connectivity index (χ2n) is 4.75. The summed E-state index contributed by atoms with van der Waals surface area (Å²) in [6, 6.07) is 2.87. The molecule has 0 radical (unpaired) electrons. The van der Waals surface area contributed by atoms with Crippen LogP contribution in [0.4, 0.5) is 14.5 Å². The second-order valence-corrected chi connectivity index (χ2v) is 4.75. The van der Waals surface area contributed by atoms with E-state index >= 15 is 0 Å². The lowest BCUT2D eigenvalue weighted by molar-refractivity contribution is -0.385. The highest BCUT2D eigenvalue weighted by atomic mass is 35.5. The van der Waals surface area contributed by atoms with Crippen molar-refractivity contribution in [3.8, 4) is 5.75 Å². The summed E-state index contributed by atoms with van der Waals surface area (Å²) in [5.41, 5.74) is -0.0600. The molecule has 1 aliphatic rings. The summed E-state index contributed by atoms with van der Waals surface area (Å²) in [7, 11) is 1.31. The van der Waals surface area contributed by atoms with Crippen LogP contribution in [0.3, 0.4) is 0 Å². The Labute approximate surface area is 145 Å². The first-order valence-corrected chi connectivity index (χ1v) is 6.60. The standard InChI is InChI=1S/C13H17F2N3O3.2ClH/c1-21-11-3-2-9(8-10(11)18(19)20)12(13(14)15)17-6-4-16-5-7-17;;/h2-3,8,12-13,16H,4-7H2,1H3;2*1H/t12-;;/m0../s1. The Morgan fingerprint density at radius 3 is 2.39 bits per heavy atom. The maximum absolute atomic E-state index is 13.4. The average Bonchev–Trinajstić information content (AvgIpc) is 2.48. The number of piperazine rings is 1. The van der Waals surface area contributed by atoms with E-state index in [0.717, 1.165) is 0 Å². The van der Waals surface area contributed by atoms with Crippen molar-refractivity contribution in [2.45, 2.75) is 12.5 Å². The van der Waals surface area contributed by atoms with Crippen molar-refractivity contribution in [1.82, 2.24) is 10.2 Å². The van der Waals surface area contributed by atoms with Gasteiger partial charge in [-0.05, 0) is 11.6 Å². The molecule has 0 aromatic heterocycles. The van der Waals surface area contributed by atoms with Crippen LogP contribution in [0, 0.1) is 10.1 Å². The molecule has 1 N–H and O–H groups in total. The van der Waals surface area contributed by atoms with Gasteiger partial charge in [0.25, 0.3) is 6.43 Å². The Morgan fingerprint density at radius 1 is 1.30 bits per heavy atom. The van der Waals surface area contributed by atoms with Gasteiger partial charge in [-0.25, -0.2) is 8.78 Å². The number of nitrogens with one attached hydrogen (secondary N) is 1. The Morgan fingerprint density at radius 2 is 1.91 bits per heavy atom. The highest BCUT2D eigenvalue weighted by Gasteiger charge is 2.31. The first kappa shape index (κ1) is 21.8. The average molecular weight is 374 g/mol. The van der Waals surface area contributed by atoms with E-state index in [4.69, 9.17) is 4.74 Å². The molecule has 6 nitrogen and oxygen atoms in total. The minimum Gasteiger partial charge on any atom is -0.490 e. The molecule has 1 saturated heterocycles. The molecule has 1 aromatic rings. The first-order chi connectivity index (χ1) is 10.0. The third-order valence-corrected chi connectivity index (χ3v) is 3.52. The second kappa shape index (κ2) is 9.82. The van der Waals surface area contributed by atoms with Gasteiger partial charge in [0.15, 0.2) is 5.75 Å². The first-order valence-electron chi connectivity index (χ1n) is 6.60. The molecule has 1 fully saturated rings. The molecule has 132 valence electrons. The molecule has 1 aliphatic heterocycles. The summed E-state index contributed by atoms with van der Waals surface area (Å²) in [5, 5.41) is 14.1. The maximum Gasteiger partial charge on any atom is 0.311 e. The molecule has 23 heavy (non-hydrogen) atoms. The zero-order chi connectivity index (χ0) is 15.4. The van der Waals surface area contributed by atoms with Crippen molar-refractivity contribution in [3.05, 3.63) is 33.9 Å². The van der Waals surface area contributed by atoms with Gasteiger partial charge in [-0.1, -0.05) is 6.07 Å². The van der Waals surface area contributed by atoms with Crippen LogP contribution in [0.2, 0.25) is 0 Å². The molecule has 1 atom stereocenters. The van der Waals surface area contributed by atoms with Gasteiger partial charge in [0.05, 0.1) is 18.1 Å². The fourth-order valence-corrected chi connectivity index (χ4v) is 2.51. The number of nitro benzene ring substituents is 1. The van der Waals surface area contributed by atoms with Gasteiger partial charge in [-0.15, -0.1) is 24.8 Å². The van der Waals surface area contributed by atoms with Crippen LogP contribution in [0.15, 0.2) is 18.2 Å². The van der Waals surface area contributed by atoms with Gasteiger partial charge >= 0.3 is 5.69 Å². The lowest BCUT2D eigenvalue weighted by Gasteiger charge is -2.34. The highest BCUT2D eigenvalue weighted by molar-refractivity contribution is 5.85. The summed E-state index contributed by atoms with van der Waals surface area (Å²) in [5.74, 6) is 0.0667. The highest BCUT2D eigenvalue weighted by Crippen LogP contribution is 2.34. The van der Waals surface area contributed by atoms with Crippen LogP contribution in [-0.2, 0) is 0 Å². The van der Waals surface area contributed by atoms with Crippen molar-refractivity contribution < 1.29 is 18.4 Å². The molecular weight excluding hydrogens is 355 g/mol. The van der Waals surface area contributed by atoms with Crippen LogP contribution in [-0.4, -0.2) is 49.5 Å². The molecule has 1 heterocycles. The molecule has 0 saturated carbocycles. The number of halogens is 4. The third kappa shape index (κ3) is 5.13. The summed E-state index contributed by atoms with van der Waals surface area (Å²) in [6.07, 6.45) is -2.61. The number of hydrogen-bond donors (Lipinski definition) is 1. The van der Waals surface area contributed by atoms with Gasteiger partial charge in [-0.2, -0.15) is 0 Å². The lowest BCUT2D eigenvalue weighted by atomic mass is 10.0. The predicted octanol–water partition coefficient (Wildman–Crippen LogP) is 2.66. The molecule has 10 heteroatoms. The van der Waals surface area contributed by atoms with Crippen molar-refractivity contribution in [2.75, 3.05) is 33.3 Å². The third-order valence-electron chi connectivity index (χ3n) is 3.52. The van der Waals surface area contributed by atoms with Crippen LogP contribution in [0.5, 0.6) is 5.75 Å². The van der Waals surface area contributed by atoms with Crippen LogP contribution >= 0.6 is 24.8 Å². The van der Waals surface area contributed by atoms with E-state index in [1.54, 1.807) is 4.90 Å². The van der Waals surface area contributed by atoms with Crippen molar-refractivity contribution in [3.63, 3.8) is 0 Å². The van der Waals surface area contributed by atoms with Crippen molar-refractivity contribution >= 4 is 30.5 Å². The minimum atomic E-state index is -2.61. The Balaban J connectivity index is 0.00000242. The molecule has 0 spiro atoms. The molecule has 0 aliphatic carbocycles. The largest absolute Gasteiger partial charge is 0.490 e. The smallest absolute Gasteiger partial charge is 0.311 e. The van der Waals surface area contributed by atoms with E-state index in [0.29, 0.717) is 26.2 Å². The molecule has 2 rings (SSSR count). The molecule has 0 bridgehead atoms. The van der Waals surface area contributed by atoms with Gasteiger partial charge in [0.2, 0.25) is 0 Å². The summed E-state index contributed by atoms with van der Waals surface area (Å²) >= 11 is 0. The van der Waals surface area contributed by atoms with Gasteiger partial charge < -0.3 is 10.1 Å². The van der Waals surface area contributed by atoms with Gasteiger partial charge in [0.1, 0.15) is 0 Å². The molecule has 0 unspecified atom stereocenters. The van der Waals surface area contributed by atoms with Crippen molar-refractivity contribution in [2.24, 2.45) is 0 Å². The Bertz CT molecular complexity index is 517. The van der Waals surface area contributed by atoms with Crippen LogP contribution in [0.25, 0.3) is 0 Å². The van der Waals surface area contributed by atoms with Gasteiger partial charge in [-0.3, -0.25) is 15.0 Å². The number of nitrogens with zero attached hydrogens (tertiary/aromatic N) is 2. The Hall–Kier alpha value is -1.22.